The first-order valence-corrected chi connectivity index (χ1v) is 6.00. The van der Waals surface area contributed by atoms with Gasteiger partial charge in [-0.1, -0.05) is 11.6 Å². The zero-order valence-electron chi connectivity index (χ0n) is 10.8. The zero-order valence-corrected chi connectivity index (χ0v) is 10.8. The van der Waals surface area contributed by atoms with E-state index in [9.17, 15) is 4.79 Å². The molecule has 2 N–H and O–H groups in total. The Morgan fingerprint density at radius 3 is 2.89 bits per heavy atom. The quantitative estimate of drug-likeness (QED) is 0.642. The highest BCUT2D eigenvalue weighted by Gasteiger charge is 2.20. The topological polar surface area (TPSA) is 55.6 Å². The fourth-order valence-electron chi connectivity index (χ4n) is 2.10. The summed E-state index contributed by atoms with van der Waals surface area (Å²) in [5.74, 6) is 0.621. The molecule has 96 valence electrons. The van der Waals surface area contributed by atoms with Gasteiger partial charge in [-0.15, -0.1) is 0 Å². The van der Waals surface area contributed by atoms with E-state index in [-0.39, 0.29) is 5.91 Å². The summed E-state index contributed by atoms with van der Waals surface area (Å²) in [7, 11) is 1.58. The third-order valence-corrected chi connectivity index (χ3v) is 3.11. The fourth-order valence-corrected chi connectivity index (χ4v) is 2.10. The van der Waals surface area contributed by atoms with Crippen LogP contribution in [0.3, 0.4) is 0 Å². The second-order valence-corrected chi connectivity index (χ2v) is 4.52. The Bertz CT molecular complexity index is 495. The second-order valence-electron chi connectivity index (χ2n) is 4.52. The molecule has 1 amide bonds. The van der Waals surface area contributed by atoms with Crippen LogP contribution in [0.1, 0.15) is 23.7 Å². The lowest BCUT2D eigenvalue weighted by Gasteiger charge is -2.26. The first kappa shape index (κ1) is 12.5. The SMILES string of the molecule is COc1ccc(N)c(C(=O)N2CCC=C(C)C2)c1. The van der Waals surface area contributed by atoms with E-state index in [0.717, 1.165) is 13.0 Å². The van der Waals surface area contributed by atoms with Gasteiger partial charge in [-0.05, 0) is 31.5 Å². The van der Waals surface area contributed by atoms with Crippen LogP contribution in [0.4, 0.5) is 5.69 Å². The average molecular weight is 246 g/mol. The molecule has 0 unspecified atom stereocenters. The van der Waals surface area contributed by atoms with Gasteiger partial charge in [-0.25, -0.2) is 0 Å². The number of rotatable bonds is 2. The summed E-state index contributed by atoms with van der Waals surface area (Å²) >= 11 is 0. The van der Waals surface area contributed by atoms with Gasteiger partial charge in [0.05, 0.1) is 12.7 Å². The van der Waals surface area contributed by atoms with E-state index in [4.69, 9.17) is 10.5 Å². The van der Waals surface area contributed by atoms with Crippen molar-refractivity contribution in [3.63, 3.8) is 0 Å². The van der Waals surface area contributed by atoms with Crippen molar-refractivity contribution in [2.45, 2.75) is 13.3 Å². The van der Waals surface area contributed by atoms with Crippen molar-refractivity contribution < 1.29 is 9.53 Å². The molecule has 1 aromatic carbocycles. The number of benzene rings is 1. The maximum absolute atomic E-state index is 12.4. The van der Waals surface area contributed by atoms with Gasteiger partial charge in [-0.3, -0.25) is 4.79 Å². The van der Waals surface area contributed by atoms with Gasteiger partial charge in [0.1, 0.15) is 5.75 Å². The van der Waals surface area contributed by atoms with Gasteiger partial charge in [-0.2, -0.15) is 0 Å². The molecule has 0 radical (unpaired) electrons. The molecule has 0 aliphatic carbocycles. The van der Waals surface area contributed by atoms with E-state index in [2.05, 4.69) is 6.08 Å². The number of carbonyl (C=O) groups is 1. The number of carbonyl (C=O) groups excluding carboxylic acids is 1. The molecule has 4 nitrogen and oxygen atoms in total. The summed E-state index contributed by atoms with van der Waals surface area (Å²) in [6.45, 7) is 3.46. The molecule has 1 heterocycles. The number of nitrogens with two attached hydrogens (primary N) is 1. The minimum Gasteiger partial charge on any atom is -0.497 e. The maximum atomic E-state index is 12.4. The molecule has 0 atom stereocenters. The summed E-state index contributed by atoms with van der Waals surface area (Å²) < 4.78 is 5.13. The molecule has 18 heavy (non-hydrogen) atoms. The molecular weight excluding hydrogens is 228 g/mol. The predicted octanol–water partition coefficient (Wildman–Crippen LogP) is 2.07. The summed E-state index contributed by atoms with van der Waals surface area (Å²) in [5, 5.41) is 0. The monoisotopic (exact) mass is 246 g/mol. The van der Waals surface area contributed by atoms with Crippen molar-refractivity contribution in [3.05, 3.63) is 35.4 Å². The van der Waals surface area contributed by atoms with Crippen LogP contribution < -0.4 is 10.5 Å². The van der Waals surface area contributed by atoms with Crippen LogP contribution in [0.25, 0.3) is 0 Å². The lowest BCUT2D eigenvalue weighted by atomic mass is 10.1. The molecule has 0 saturated heterocycles. The number of hydrogen-bond donors (Lipinski definition) is 1. The summed E-state index contributed by atoms with van der Waals surface area (Å²) in [5.41, 5.74) is 8.10. The number of anilines is 1. The van der Waals surface area contributed by atoms with E-state index in [1.165, 1.54) is 5.57 Å². The molecule has 0 aromatic heterocycles. The van der Waals surface area contributed by atoms with E-state index < -0.39 is 0 Å². The molecule has 2 rings (SSSR count). The number of hydrogen-bond acceptors (Lipinski definition) is 3. The van der Waals surface area contributed by atoms with Gasteiger partial charge in [0.2, 0.25) is 0 Å². The van der Waals surface area contributed by atoms with Crippen molar-refractivity contribution in [1.29, 1.82) is 0 Å². The first-order valence-electron chi connectivity index (χ1n) is 6.00. The van der Waals surface area contributed by atoms with E-state index in [1.54, 1.807) is 25.3 Å². The molecular formula is C14H18N2O2. The Balaban J connectivity index is 2.25. The Labute approximate surface area is 107 Å². The third-order valence-electron chi connectivity index (χ3n) is 3.11. The van der Waals surface area contributed by atoms with Crippen molar-refractivity contribution in [3.8, 4) is 5.75 Å². The normalized spacial score (nSPS) is 15.2. The summed E-state index contributed by atoms with van der Waals surface area (Å²) in [6.07, 6.45) is 3.07. The smallest absolute Gasteiger partial charge is 0.256 e. The number of amides is 1. The highest BCUT2D eigenvalue weighted by atomic mass is 16.5. The van der Waals surface area contributed by atoms with Crippen LogP contribution in [0.15, 0.2) is 29.8 Å². The van der Waals surface area contributed by atoms with Crippen molar-refractivity contribution in [2.75, 3.05) is 25.9 Å². The Morgan fingerprint density at radius 1 is 1.44 bits per heavy atom. The number of methoxy groups -OCH3 is 1. The molecule has 1 aliphatic rings. The molecule has 4 heteroatoms. The largest absolute Gasteiger partial charge is 0.497 e. The van der Waals surface area contributed by atoms with E-state index in [1.807, 2.05) is 11.8 Å². The van der Waals surface area contributed by atoms with Gasteiger partial charge in [0, 0.05) is 18.8 Å². The van der Waals surface area contributed by atoms with Gasteiger partial charge < -0.3 is 15.4 Å². The van der Waals surface area contributed by atoms with E-state index in [0.29, 0.717) is 23.5 Å². The number of nitrogens with zero attached hydrogens (tertiary/aromatic N) is 1. The zero-order chi connectivity index (χ0) is 13.1. The molecule has 0 spiro atoms. The van der Waals surface area contributed by atoms with Gasteiger partial charge in [0.25, 0.3) is 5.91 Å². The molecule has 0 saturated carbocycles. The summed E-state index contributed by atoms with van der Waals surface area (Å²) in [6, 6.07) is 5.16. The highest BCUT2D eigenvalue weighted by molar-refractivity contribution is 5.99. The minimum atomic E-state index is -0.0288. The van der Waals surface area contributed by atoms with Crippen molar-refractivity contribution >= 4 is 11.6 Å². The van der Waals surface area contributed by atoms with E-state index >= 15 is 0 Å². The Morgan fingerprint density at radius 2 is 2.22 bits per heavy atom. The lowest BCUT2D eigenvalue weighted by Crippen LogP contribution is -2.35. The average Bonchev–Trinajstić information content (AvgIpc) is 2.38. The van der Waals surface area contributed by atoms with Gasteiger partial charge in [0.15, 0.2) is 0 Å². The standard InChI is InChI=1S/C14H18N2O2/c1-10-4-3-7-16(9-10)14(17)12-8-11(18-2)5-6-13(12)15/h4-6,8H,3,7,9,15H2,1-2H3. The first-order chi connectivity index (χ1) is 8.61. The highest BCUT2D eigenvalue weighted by Crippen LogP contribution is 2.22. The Kier molecular flexibility index (Phi) is 3.55. The van der Waals surface area contributed by atoms with Gasteiger partial charge >= 0.3 is 0 Å². The van der Waals surface area contributed by atoms with Crippen molar-refractivity contribution in [1.82, 2.24) is 4.90 Å². The predicted molar refractivity (Wildman–Crippen MR) is 71.7 cm³/mol. The molecule has 1 aromatic rings. The van der Waals surface area contributed by atoms with Crippen LogP contribution in [-0.4, -0.2) is 31.0 Å². The number of ether oxygens (including phenoxy) is 1. The third kappa shape index (κ3) is 2.47. The van der Waals surface area contributed by atoms with Crippen LogP contribution in [0.5, 0.6) is 5.75 Å². The maximum Gasteiger partial charge on any atom is 0.256 e. The Hall–Kier alpha value is -1.97. The fraction of sp³-hybridized carbons (Fsp3) is 0.357. The molecule has 0 bridgehead atoms. The van der Waals surface area contributed by atoms with Crippen molar-refractivity contribution in [2.24, 2.45) is 0 Å². The van der Waals surface area contributed by atoms with Crippen LogP contribution in [0, 0.1) is 0 Å². The minimum absolute atomic E-state index is 0.0288. The summed E-state index contributed by atoms with van der Waals surface area (Å²) in [4.78, 5) is 14.2. The number of nitrogen functional groups attached to an aromatic ring is 1. The van der Waals surface area contributed by atoms with Crippen LogP contribution in [-0.2, 0) is 0 Å². The molecule has 1 aliphatic heterocycles. The second kappa shape index (κ2) is 5.12. The molecule has 0 fully saturated rings. The van der Waals surface area contributed by atoms with Crippen LogP contribution in [0.2, 0.25) is 0 Å². The van der Waals surface area contributed by atoms with Crippen LogP contribution >= 0.6 is 0 Å². The lowest BCUT2D eigenvalue weighted by molar-refractivity contribution is 0.0766.